The maximum atomic E-state index is 13.4. The molecular formula is C21H26F3NO3. The molecule has 1 saturated heterocycles. The lowest BCUT2D eigenvalue weighted by Gasteiger charge is -2.45. The summed E-state index contributed by atoms with van der Waals surface area (Å²) in [6.45, 7) is 5.46. The van der Waals surface area contributed by atoms with Crippen LogP contribution in [0.5, 0.6) is 5.75 Å². The number of carbonyl (C=O) groups is 1. The zero-order chi connectivity index (χ0) is 20.7. The van der Waals surface area contributed by atoms with Crippen molar-refractivity contribution in [3.8, 4) is 5.75 Å². The first-order valence-corrected chi connectivity index (χ1v) is 9.47. The minimum Gasteiger partial charge on any atom is -0.496 e. The van der Waals surface area contributed by atoms with Gasteiger partial charge in [-0.3, -0.25) is 4.90 Å². The highest BCUT2D eigenvalue weighted by Gasteiger charge is 2.40. The van der Waals surface area contributed by atoms with Crippen LogP contribution in [0.4, 0.5) is 18.0 Å². The monoisotopic (exact) mass is 397 g/mol. The Morgan fingerprint density at radius 1 is 1.18 bits per heavy atom. The molecule has 2 bridgehead atoms. The Bertz CT molecular complexity index is 780. The molecule has 1 amide bonds. The summed E-state index contributed by atoms with van der Waals surface area (Å²) < 4.78 is 50.5. The first-order valence-electron chi connectivity index (χ1n) is 9.47. The van der Waals surface area contributed by atoms with Gasteiger partial charge in [-0.05, 0) is 69.7 Å². The number of methoxy groups -OCH3 is 1. The van der Waals surface area contributed by atoms with Crippen LogP contribution in [0.2, 0.25) is 0 Å². The molecule has 1 aromatic rings. The van der Waals surface area contributed by atoms with Crippen LogP contribution >= 0.6 is 0 Å². The van der Waals surface area contributed by atoms with E-state index in [4.69, 9.17) is 9.47 Å². The largest absolute Gasteiger partial charge is 0.496 e. The van der Waals surface area contributed by atoms with Gasteiger partial charge in [0.2, 0.25) is 0 Å². The Labute approximate surface area is 163 Å². The van der Waals surface area contributed by atoms with Crippen LogP contribution in [0.1, 0.15) is 57.6 Å². The van der Waals surface area contributed by atoms with Crippen molar-refractivity contribution in [1.82, 2.24) is 4.90 Å². The van der Waals surface area contributed by atoms with Crippen LogP contribution in [0.3, 0.4) is 0 Å². The number of fused-ring (bicyclic) bond motifs is 2. The van der Waals surface area contributed by atoms with Gasteiger partial charge in [0.1, 0.15) is 11.4 Å². The fourth-order valence-corrected chi connectivity index (χ4v) is 3.97. The summed E-state index contributed by atoms with van der Waals surface area (Å²) in [6.07, 6.45) is 0.157. The third kappa shape index (κ3) is 4.28. The highest BCUT2D eigenvalue weighted by atomic mass is 19.4. The maximum absolute atomic E-state index is 13.4. The number of hydrogen-bond acceptors (Lipinski definition) is 3. The van der Waals surface area contributed by atoms with E-state index in [0.717, 1.165) is 30.9 Å². The quantitative estimate of drug-likeness (QED) is 0.646. The Kier molecular flexibility index (Phi) is 5.38. The summed E-state index contributed by atoms with van der Waals surface area (Å²) in [7, 11) is 1.23. The predicted molar refractivity (Wildman–Crippen MR) is 100 cm³/mol. The van der Waals surface area contributed by atoms with Gasteiger partial charge in [-0.25, -0.2) is 4.79 Å². The Balaban J connectivity index is 1.92. The van der Waals surface area contributed by atoms with Crippen molar-refractivity contribution in [2.24, 2.45) is 0 Å². The molecule has 2 atom stereocenters. The molecule has 0 radical (unpaired) electrons. The summed E-state index contributed by atoms with van der Waals surface area (Å²) in [5, 5.41) is 0. The van der Waals surface area contributed by atoms with Crippen molar-refractivity contribution in [3.63, 3.8) is 0 Å². The van der Waals surface area contributed by atoms with E-state index in [9.17, 15) is 18.0 Å². The third-order valence-corrected chi connectivity index (χ3v) is 5.12. The van der Waals surface area contributed by atoms with Gasteiger partial charge in [0.25, 0.3) is 0 Å². The minimum absolute atomic E-state index is 0.0648. The van der Waals surface area contributed by atoms with E-state index in [1.165, 1.54) is 13.2 Å². The average molecular weight is 397 g/mol. The van der Waals surface area contributed by atoms with Crippen molar-refractivity contribution in [1.29, 1.82) is 0 Å². The van der Waals surface area contributed by atoms with Crippen LogP contribution in [0.15, 0.2) is 24.3 Å². The van der Waals surface area contributed by atoms with Gasteiger partial charge < -0.3 is 9.47 Å². The molecule has 2 unspecified atom stereocenters. The minimum atomic E-state index is -4.49. The normalized spacial score (nSPS) is 22.5. The first-order chi connectivity index (χ1) is 13.0. The molecule has 154 valence electrons. The number of hydrogen-bond donors (Lipinski definition) is 0. The van der Waals surface area contributed by atoms with Crippen molar-refractivity contribution in [2.45, 2.75) is 70.3 Å². The zero-order valence-corrected chi connectivity index (χ0v) is 16.6. The van der Waals surface area contributed by atoms with E-state index >= 15 is 0 Å². The van der Waals surface area contributed by atoms with Crippen molar-refractivity contribution in [3.05, 3.63) is 35.4 Å². The van der Waals surface area contributed by atoms with Gasteiger partial charge in [0.15, 0.2) is 0 Å². The molecule has 0 aromatic heterocycles. The van der Waals surface area contributed by atoms with Crippen LogP contribution in [0.25, 0.3) is 5.57 Å². The van der Waals surface area contributed by atoms with E-state index in [1.807, 2.05) is 26.8 Å². The molecule has 0 aliphatic carbocycles. The van der Waals surface area contributed by atoms with E-state index in [-0.39, 0.29) is 23.9 Å². The number of carbonyl (C=O) groups excluding carboxylic acids is 1. The lowest BCUT2D eigenvalue weighted by Crippen LogP contribution is -2.53. The Hall–Kier alpha value is -2.18. The molecule has 2 heterocycles. The summed E-state index contributed by atoms with van der Waals surface area (Å²) in [5.41, 5.74) is -0.0166. The highest BCUT2D eigenvalue weighted by Crippen LogP contribution is 2.41. The molecule has 0 N–H and O–H groups in total. The van der Waals surface area contributed by atoms with Crippen molar-refractivity contribution < 1.29 is 27.4 Å². The zero-order valence-electron chi connectivity index (χ0n) is 16.6. The fraction of sp³-hybridized carbons (Fsp3) is 0.571. The van der Waals surface area contributed by atoms with Gasteiger partial charge in [0, 0.05) is 6.04 Å². The van der Waals surface area contributed by atoms with E-state index in [2.05, 4.69) is 0 Å². The third-order valence-electron chi connectivity index (χ3n) is 5.12. The number of halogens is 3. The molecule has 2 aliphatic rings. The van der Waals surface area contributed by atoms with Crippen LogP contribution in [-0.2, 0) is 10.9 Å². The smallest absolute Gasteiger partial charge is 0.419 e. The highest BCUT2D eigenvalue weighted by molar-refractivity contribution is 5.75. The second kappa shape index (κ2) is 7.33. The average Bonchev–Trinajstić information content (AvgIpc) is 2.57. The number of rotatable bonds is 2. The summed E-state index contributed by atoms with van der Waals surface area (Å²) in [4.78, 5) is 14.4. The van der Waals surface area contributed by atoms with Gasteiger partial charge >= 0.3 is 12.3 Å². The van der Waals surface area contributed by atoms with Gasteiger partial charge in [0.05, 0.1) is 18.7 Å². The van der Waals surface area contributed by atoms with Crippen molar-refractivity contribution >= 4 is 11.7 Å². The topological polar surface area (TPSA) is 38.8 Å². The first kappa shape index (κ1) is 20.6. The summed E-state index contributed by atoms with van der Waals surface area (Å²) in [5.74, 6) is -0.191. The van der Waals surface area contributed by atoms with Crippen molar-refractivity contribution in [2.75, 3.05) is 7.11 Å². The molecule has 1 aromatic carbocycles. The molecule has 3 rings (SSSR count). The van der Waals surface area contributed by atoms with E-state index in [0.29, 0.717) is 12.0 Å². The number of amides is 1. The second-order valence-corrected chi connectivity index (χ2v) is 8.35. The molecule has 28 heavy (non-hydrogen) atoms. The van der Waals surface area contributed by atoms with Gasteiger partial charge in [-0.15, -0.1) is 0 Å². The summed E-state index contributed by atoms with van der Waals surface area (Å²) in [6, 6.07) is 3.93. The molecule has 2 aliphatic heterocycles. The SMILES string of the molecule is COc1ccc(C2=CC3CCCC(C2)N3C(=O)OC(C)(C)C)cc1C(F)(F)F. The van der Waals surface area contributed by atoms with Gasteiger partial charge in [-0.1, -0.05) is 12.1 Å². The number of alkyl halides is 3. The lowest BCUT2D eigenvalue weighted by atomic mass is 9.83. The van der Waals surface area contributed by atoms with Crippen LogP contribution in [0, 0.1) is 0 Å². The number of nitrogens with zero attached hydrogens (tertiary/aromatic N) is 1. The fourth-order valence-electron chi connectivity index (χ4n) is 3.97. The van der Waals surface area contributed by atoms with E-state index < -0.39 is 17.3 Å². The molecular weight excluding hydrogens is 371 g/mol. The molecule has 7 heteroatoms. The molecule has 4 nitrogen and oxygen atoms in total. The Morgan fingerprint density at radius 3 is 2.46 bits per heavy atom. The number of ether oxygens (including phenoxy) is 2. The maximum Gasteiger partial charge on any atom is 0.419 e. The molecule has 1 fully saturated rings. The lowest BCUT2D eigenvalue weighted by molar-refractivity contribution is -0.138. The van der Waals surface area contributed by atoms with E-state index in [1.54, 1.807) is 11.0 Å². The second-order valence-electron chi connectivity index (χ2n) is 8.35. The Morgan fingerprint density at radius 2 is 1.89 bits per heavy atom. The number of piperidine rings is 1. The summed E-state index contributed by atoms with van der Waals surface area (Å²) >= 11 is 0. The molecule has 0 saturated carbocycles. The van der Waals surface area contributed by atoms with Crippen LogP contribution < -0.4 is 4.74 Å². The predicted octanol–water partition coefficient (Wildman–Crippen LogP) is 5.66. The van der Waals surface area contributed by atoms with Crippen LogP contribution in [-0.4, -0.2) is 35.8 Å². The number of benzene rings is 1. The standard InChI is InChI=1S/C21H26F3NO3/c1-20(2,3)28-19(26)25-15-6-5-7-16(25)11-14(10-15)13-8-9-18(27-4)17(12-13)21(22,23)24/h8-10,12,15-16H,5-7,11H2,1-4H3. The molecule has 0 spiro atoms. The van der Waals surface area contributed by atoms with Gasteiger partial charge in [-0.2, -0.15) is 13.2 Å².